The van der Waals surface area contributed by atoms with Crippen LogP contribution in [0.25, 0.3) is 0 Å². The second kappa shape index (κ2) is 4.54. The molecule has 0 amide bonds. The molecule has 0 aliphatic carbocycles. The lowest BCUT2D eigenvalue weighted by Crippen LogP contribution is -2.54. The van der Waals surface area contributed by atoms with Gasteiger partial charge in [-0.3, -0.25) is 4.79 Å². The van der Waals surface area contributed by atoms with Crippen LogP contribution in [0.1, 0.15) is 31.8 Å². The normalized spacial score (nSPS) is 34.8. The van der Waals surface area contributed by atoms with E-state index < -0.39 is 29.6 Å². The van der Waals surface area contributed by atoms with Crippen molar-refractivity contribution in [2.45, 2.75) is 23.6 Å². The van der Waals surface area contributed by atoms with Crippen molar-refractivity contribution in [2.75, 3.05) is 7.11 Å². The van der Waals surface area contributed by atoms with Gasteiger partial charge in [0.2, 0.25) is 5.79 Å². The summed E-state index contributed by atoms with van der Waals surface area (Å²) in [6.07, 6.45) is -2.41. The fraction of sp³-hybridized carbons (Fsp3) is 0.263. The predicted molar refractivity (Wildman–Crippen MR) is 83.9 cm³/mol. The van der Waals surface area contributed by atoms with E-state index in [1.54, 1.807) is 48.5 Å². The van der Waals surface area contributed by atoms with Crippen molar-refractivity contribution >= 4 is 11.8 Å². The van der Waals surface area contributed by atoms with E-state index in [9.17, 15) is 14.7 Å². The Balaban J connectivity index is 1.85. The molecule has 1 fully saturated rings. The number of aliphatic hydroxyl groups is 1. The number of esters is 1. The van der Waals surface area contributed by atoms with Crippen LogP contribution in [0.2, 0.25) is 0 Å². The molecule has 3 aliphatic rings. The zero-order valence-corrected chi connectivity index (χ0v) is 13.3. The topological polar surface area (TPSA) is 82.1 Å². The SMILES string of the molecule is CO[C@]12O[C@H](C(=O)c3ccccc31)[C@]1(O)c3ccccc3C(=O)O[C@H]21. The molecule has 5 rings (SSSR count). The third-order valence-corrected chi connectivity index (χ3v) is 5.35. The Morgan fingerprint density at radius 1 is 1.00 bits per heavy atom. The molecule has 0 spiro atoms. The zero-order chi connectivity index (χ0) is 17.4. The second-order valence-corrected chi connectivity index (χ2v) is 6.44. The summed E-state index contributed by atoms with van der Waals surface area (Å²) in [5.41, 5.74) is -0.429. The van der Waals surface area contributed by atoms with E-state index in [1.165, 1.54) is 7.11 Å². The van der Waals surface area contributed by atoms with Gasteiger partial charge in [0.1, 0.15) is 0 Å². The van der Waals surface area contributed by atoms with Gasteiger partial charge < -0.3 is 19.3 Å². The van der Waals surface area contributed by atoms with Gasteiger partial charge in [0.05, 0.1) is 5.56 Å². The molecule has 2 aromatic carbocycles. The van der Waals surface area contributed by atoms with Gasteiger partial charge in [-0.25, -0.2) is 4.79 Å². The quantitative estimate of drug-likeness (QED) is 0.794. The molecule has 0 radical (unpaired) electrons. The van der Waals surface area contributed by atoms with Crippen LogP contribution >= 0.6 is 0 Å². The summed E-state index contributed by atoms with van der Waals surface area (Å²) in [6.45, 7) is 0. The number of benzene rings is 2. The Kier molecular flexibility index (Phi) is 2.69. The Morgan fingerprint density at radius 2 is 1.64 bits per heavy atom. The highest BCUT2D eigenvalue weighted by Crippen LogP contribution is 2.58. The lowest BCUT2D eigenvalue weighted by molar-refractivity contribution is -0.254. The summed E-state index contributed by atoms with van der Waals surface area (Å²) in [4.78, 5) is 25.5. The first-order chi connectivity index (χ1) is 12.0. The van der Waals surface area contributed by atoms with Crippen molar-refractivity contribution in [2.24, 2.45) is 0 Å². The third kappa shape index (κ3) is 1.51. The molecular formula is C19H14O6. The van der Waals surface area contributed by atoms with Crippen LogP contribution in [0.15, 0.2) is 48.5 Å². The van der Waals surface area contributed by atoms with Crippen LogP contribution in [-0.2, 0) is 25.6 Å². The molecule has 0 unspecified atom stereocenters. The summed E-state index contributed by atoms with van der Waals surface area (Å²) >= 11 is 0. The van der Waals surface area contributed by atoms with Gasteiger partial charge in [-0.1, -0.05) is 42.5 Å². The van der Waals surface area contributed by atoms with Crippen molar-refractivity contribution in [3.8, 4) is 0 Å². The molecule has 25 heavy (non-hydrogen) atoms. The van der Waals surface area contributed by atoms with E-state index >= 15 is 0 Å². The molecule has 0 saturated carbocycles. The largest absolute Gasteiger partial charge is 0.449 e. The first kappa shape index (κ1) is 14.8. The molecular weight excluding hydrogens is 324 g/mol. The Hall–Kier alpha value is -2.54. The molecule has 2 aromatic rings. The van der Waals surface area contributed by atoms with E-state index in [0.717, 1.165) is 0 Å². The Morgan fingerprint density at radius 3 is 2.36 bits per heavy atom. The Bertz CT molecular complexity index is 937. The van der Waals surface area contributed by atoms with Crippen LogP contribution in [0, 0.1) is 0 Å². The van der Waals surface area contributed by atoms with Gasteiger partial charge in [0.25, 0.3) is 0 Å². The van der Waals surface area contributed by atoms with Crippen molar-refractivity contribution < 1.29 is 28.9 Å². The van der Waals surface area contributed by atoms with Crippen molar-refractivity contribution in [1.29, 1.82) is 0 Å². The molecule has 126 valence electrons. The predicted octanol–water partition coefficient (Wildman–Crippen LogP) is 1.51. The maximum atomic E-state index is 13.0. The van der Waals surface area contributed by atoms with Crippen molar-refractivity contribution in [3.63, 3.8) is 0 Å². The minimum absolute atomic E-state index is 0.223. The number of ether oxygens (including phenoxy) is 3. The molecule has 3 aliphatic heterocycles. The maximum Gasteiger partial charge on any atom is 0.339 e. The number of hydrogen-bond acceptors (Lipinski definition) is 6. The highest BCUT2D eigenvalue weighted by Gasteiger charge is 2.74. The van der Waals surface area contributed by atoms with Gasteiger partial charge in [-0.05, 0) is 6.07 Å². The smallest absolute Gasteiger partial charge is 0.339 e. The number of rotatable bonds is 1. The van der Waals surface area contributed by atoms with Gasteiger partial charge in [-0.15, -0.1) is 0 Å². The lowest BCUT2D eigenvalue weighted by Gasteiger charge is -2.39. The first-order valence-electron chi connectivity index (χ1n) is 7.93. The molecule has 1 N–H and O–H groups in total. The number of fused-ring (bicyclic) bond motifs is 9. The summed E-state index contributed by atoms with van der Waals surface area (Å²) in [7, 11) is 1.41. The molecule has 1 saturated heterocycles. The van der Waals surface area contributed by atoms with Crippen LogP contribution in [-0.4, -0.2) is 36.2 Å². The number of methoxy groups -OCH3 is 1. The average Bonchev–Trinajstić information content (AvgIpc) is 2.89. The fourth-order valence-corrected chi connectivity index (χ4v) is 4.25. The van der Waals surface area contributed by atoms with Gasteiger partial charge in [-0.2, -0.15) is 0 Å². The summed E-state index contributed by atoms with van der Waals surface area (Å²) in [5.74, 6) is -2.48. The summed E-state index contributed by atoms with van der Waals surface area (Å²) < 4.78 is 17.1. The van der Waals surface area contributed by atoms with E-state index in [4.69, 9.17) is 14.2 Å². The standard InChI is InChI=1S/C19H14O6/c1-23-19-13-9-5-2-6-10(13)14(20)15(25-19)18(22)12-8-4-3-7-11(12)16(21)24-17(18)19/h2-9,15,17,22H,1H3/t15-,17+,18-,19+/m1/s1. The third-order valence-electron chi connectivity index (χ3n) is 5.35. The van der Waals surface area contributed by atoms with E-state index in [-0.39, 0.29) is 11.3 Å². The number of ketones is 1. The number of hydrogen-bond donors (Lipinski definition) is 1. The molecule has 0 aromatic heterocycles. The van der Waals surface area contributed by atoms with E-state index in [2.05, 4.69) is 0 Å². The van der Waals surface area contributed by atoms with E-state index in [0.29, 0.717) is 16.7 Å². The molecule has 2 bridgehead atoms. The monoisotopic (exact) mass is 338 g/mol. The summed E-state index contributed by atoms with van der Waals surface area (Å²) in [6, 6.07) is 13.4. The van der Waals surface area contributed by atoms with Gasteiger partial charge in [0, 0.05) is 23.8 Å². The van der Waals surface area contributed by atoms with Crippen LogP contribution in [0.5, 0.6) is 0 Å². The highest BCUT2D eigenvalue weighted by atomic mass is 16.7. The molecule has 6 heteroatoms. The lowest BCUT2D eigenvalue weighted by atomic mass is 9.78. The Labute approximate surface area is 142 Å². The molecule has 3 heterocycles. The first-order valence-corrected chi connectivity index (χ1v) is 7.93. The van der Waals surface area contributed by atoms with Crippen LogP contribution in [0.4, 0.5) is 0 Å². The maximum absolute atomic E-state index is 13.0. The number of carbonyl (C=O) groups is 2. The van der Waals surface area contributed by atoms with E-state index in [1.807, 2.05) is 0 Å². The number of carbonyl (C=O) groups excluding carboxylic acids is 2. The number of Topliss-reactive ketones (excluding diaryl/α,β-unsaturated/α-hetero) is 1. The van der Waals surface area contributed by atoms with Gasteiger partial charge >= 0.3 is 5.97 Å². The van der Waals surface area contributed by atoms with Crippen LogP contribution in [0.3, 0.4) is 0 Å². The average molecular weight is 338 g/mol. The molecule has 4 atom stereocenters. The van der Waals surface area contributed by atoms with Crippen molar-refractivity contribution in [3.05, 3.63) is 70.8 Å². The highest BCUT2D eigenvalue weighted by molar-refractivity contribution is 6.05. The fourth-order valence-electron chi connectivity index (χ4n) is 4.25. The minimum atomic E-state index is -1.82. The second-order valence-electron chi connectivity index (χ2n) is 6.44. The van der Waals surface area contributed by atoms with Crippen molar-refractivity contribution in [1.82, 2.24) is 0 Å². The summed E-state index contributed by atoms with van der Waals surface area (Å²) in [5, 5.41) is 11.6. The van der Waals surface area contributed by atoms with Crippen LogP contribution < -0.4 is 0 Å². The minimum Gasteiger partial charge on any atom is -0.449 e. The zero-order valence-electron chi connectivity index (χ0n) is 13.3. The van der Waals surface area contributed by atoms with Gasteiger partial charge in [0.15, 0.2) is 23.6 Å². The molecule has 6 nitrogen and oxygen atoms in total.